The molecule has 0 fully saturated rings. The lowest BCUT2D eigenvalue weighted by molar-refractivity contribution is 0.201. The van der Waals surface area contributed by atoms with Gasteiger partial charge >= 0.3 is 0 Å². The van der Waals surface area contributed by atoms with Crippen LogP contribution in [-0.2, 0) is 0 Å². The molecule has 0 bridgehead atoms. The van der Waals surface area contributed by atoms with Crippen LogP contribution in [0.3, 0.4) is 0 Å². The van der Waals surface area contributed by atoms with Crippen LogP contribution in [0, 0.1) is 19.7 Å². The number of aliphatic hydroxyl groups is 1. The third kappa shape index (κ3) is 2.62. The molecule has 3 aromatic rings. The van der Waals surface area contributed by atoms with Gasteiger partial charge in [0.05, 0.1) is 6.10 Å². The summed E-state index contributed by atoms with van der Waals surface area (Å²) in [6, 6.07) is 14.9. The number of hydrogen-bond acceptors (Lipinski definition) is 1. The van der Waals surface area contributed by atoms with E-state index in [1.807, 2.05) is 13.0 Å². The van der Waals surface area contributed by atoms with Gasteiger partial charge in [0.25, 0.3) is 0 Å². The Balaban J connectivity index is 2.28. The van der Waals surface area contributed by atoms with Crippen molar-refractivity contribution in [2.45, 2.75) is 26.9 Å². The highest BCUT2D eigenvalue weighted by Gasteiger charge is 2.11. The minimum atomic E-state index is -0.522. The molecule has 1 nitrogen and oxygen atoms in total. The molecule has 2 heteroatoms. The van der Waals surface area contributed by atoms with Gasteiger partial charge in [-0.2, -0.15) is 0 Å². The fraction of sp³-hybridized carbons (Fsp3) is 0.200. The first-order valence-corrected chi connectivity index (χ1v) is 7.44. The van der Waals surface area contributed by atoms with Gasteiger partial charge in [-0.05, 0) is 72.0 Å². The Kier molecular flexibility index (Phi) is 3.71. The molecule has 0 saturated heterocycles. The fourth-order valence-corrected chi connectivity index (χ4v) is 3.00. The van der Waals surface area contributed by atoms with Crippen LogP contribution in [0.2, 0.25) is 0 Å². The third-order valence-corrected chi connectivity index (χ3v) is 4.08. The molecule has 1 N–H and O–H groups in total. The van der Waals surface area contributed by atoms with Gasteiger partial charge in [0.2, 0.25) is 0 Å². The summed E-state index contributed by atoms with van der Waals surface area (Å²) in [6.07, 6.45) is -0.522. The summed E-state index contributed by atoms with van der Waals surface area (Å²) in [5.74, 6) is -0.234. The second kappa shape index (κ2) is 5.54. The van der Waals surface area contributed by atoms with Crippen molar-refractivity contribution in [3.05, 3.63) is 71.0 Å². The molecule has 3 aromatic carbocycles. The third-order valence-electron chi connectivity index (χ3n) is 4.08. The van der Waals surface area contributed by atoms with Gasteiger partial charge in [-0.25, -0.2) is 4.39 Å². The molecule has 0 spiro atoms. The quantitative estimate of drug-likeness (QED) is 0.678. The van der Waals surface area contributed by atoms with Crippen LogP contribution in [0.25, 0.3) is 21.9 Å². The molecule has 0 aliphatic rings. The smallest absolute Gasteiger partial charge is 0.123 e. The Morgan fingerprint density at radius 2 is 1.64 bits per heavy atom. The predicted octanol–water partition coefficient (Wildman–Crippen LogP) is 5.32. The van der Waals surface area contributed by atoms with Crippen molar-refractivity contribution >= 4 is 10.8 Å². The van der Waals surface area contributed by atoms with E-state index in [1.54, 1.807) is 19.1 Å². The summed E-state index contributed by atoms with van der Waals surface area (Å²) in [5, 5.41) is 12.2. The molecule has 1 unspecified atom stereocenters. The van der Waals surface area contributed by atoms with Crippen LogP contribution >= 0.6 is 0 Å². The highest BCUT2D eigenvalue weighted by atomic mass is 19.1. The van der Waals surface area contributed by atoms with E-state index in [4.69, 9.17) is 0 Å². The van der Waals surface area contributed by atoms with Gasteiger partial charge in [-0.3, -0.25) is 0 Å². The summed E-state index contributed by atoms with van der Waals surface area (Å²) in [5.41, 5.74) is 5.26. The van der Waals surface area contributed by atoms with Crippen LogP contribution in [0.5, 0.6) is 0 Å². The second-order valence-corrected chi connectivity index (χ2v) is 5.93. The molecular weight excluding hydrogens is 275 g/mol. The van der Waals surface area contributed by atoms with Crippen LogP contribution in [0.15, 0.2) is 48.5 Å². The zero-order chi connectivity index (χ0) is 15.9. The van der Waals surface area contributed by atoms with Crippen LogP contribution in [0.1, 0.15) is 29.7 Å². The number of hydrogen-bond donors (Lipinski definition) is 1. The minimum absolute atomic E-state index is 0.234. The number of fused-ring (bicyclic) bond motifs is 1. The van der Waals surface area contributed by atoms with E-state index >= 15 is 0 Å². The number of benzene rings is 3. The molecule has 0 aromatic heterocycles. The Labute approximate surface area is 130 Å². The fourth-order valence-electron chi connectivity index (χ4n) is 3.00. The standard InChI is InChI=1S/C20H19FO/c1-12-8-16-10-13(2)18(15-4-6-17(21)7-5-15)11-20(16)19(9-12)14(3)22/h4-11,14,22H,1-3H3. The van der Waals surface area contributed by atoms with Crippen LogP contribution in [-0.4, -0.2) is 5.11 Å². The number of rotatable bonds is 2. The topological polar surface area (TPSA) is 20.2 Å². The molecule has 0 aliphatic heterocycles. The number of aryl methyl sites for hydroxylation is 2. The molecule has 0 saturated carbocycles. The zero-order valence-electron chi connectivity index (χ0n) is 13.0. The highest BCUT2D eigenvalue weighted by molar-refractivity contribution is 5.92. The average molecular weight is 294 g/mol. The summed E-state index contributed by atoms with van der Waals surface area (Å²) in [4.78, 5) is 0. The molecule has 22 heavy (non-hydrogen) atoms. The van der Waals surface area contributed by atoms with Crippen molar-refractivity contribution in [2.24, 2.45) is 0 Å². The van der Waals surface area contributed by atoms with E-state index in [1.165, 1.54) is 12.1 Å². The highest BCUT2D eigenvalue weighted by Crippen LogP contribution is 2.33. The normalized spacial score (nSPS) is 12.6. The van der Waals surface area contributed by atoms with Gasteiger partial charge in [0.1, 0.15) is 5.82 Å². The van der Waals surface area contributed by atoms with Crippen molar-refractivity contribution in [2.75, 3.05) is 0 Å². The van der Waals surface area contributed by atoms with Gasteiger partial charge in [0, 0.05) is 0 Å². The first-order valence-electron chi connectivity index (χ1n) is 7.44. The largest absolute Gasteiger partial charge is 0.389 e. The van der Waals surface area contributed by atoms with Gasteiger partial charge in [-0.1, -0.05) is 35.9 Å². The van der Waals surface area contributed by atoms with Gasteiger partial charge < -0.3 is 5.11 Å². The van der Waals surface area contributed by atoms with Gasteiger partial charge in [0.15, 0.2) is 0 Å². The summed E-state index contributed by atoms with van der Waals surface area (Å²) in [7, 11) is 0. The van der Waals surface area contributed by atoms with Crippen molar-refractivity contribution in [1.82, 2.24) is 0 Å². The summed E-state index contributed by atoms with van der Waals surface area (Å²) in [6.45, 7) is 5.88. The van der Waals surface area contributed by atoms with E-state index in [0.717, 1.165) is 38.6 Å². The maximum Gasteiger partial charge on any atom is 0.123 e. The first-order chi connectivity index (χ1) is 10.5. The monoisotopic (exact) mass is 294 g/mol. The van der Waals surface area contributed by atoms with Crippen molar-refractivity contribution < 1.29 is 9.50 Å². The van der Waals surface area contributed by atoms with E-state index in [0.29, 0.717) is 0 Å². The second-order valence-electron chi connectivity index (χ2n) is 5.93. The predicted molar refractivity (Wildman–Crippen MR) is 89.4 cm³/mol. The maximum atomic E-state index is 13.1. The zero-order valence-corrected chi connectivity index (χ0v) is 13.0. The Morgan fingerprint density at radius 3 is 2.27 bits per heavy atom. The molecule has 1 atom stereocenters. The lowest BCUT2D eigenvalue weighted by Crippen LogP contribution is -1.95. The molecule has 0 heterocycles. The Bertz CT molecular complexity index is 832. The Hall–Kier alpha value is -2.19. The van der Waals surface area contributed by atoms with Crippen molar-refractivity contribution in [3.8, 4) is 11.1 Å². The van der Waals surface area contributed by atoms with Gasteiger partial charge in [-0.15, -0.1) is 0 Å². The molecule has 3 rings (SSSR count). The van der Waals surface area contributed by atoms with E-state index in [2.05, 4.69) is 25.1 Å². The molecular formula is C20H19FO. The summed E-state index contributed by atoms with van der Waals surface area (Å²) < 4.78 is 13.1. The van der Waals surface area contributed by atoms with E-state index in [-0.39, 0.29) is 5.82 Å². The molecule has 112 valence electrons. The SMILES string of the molecule is Cc1cc(C(C)O)c2cc(-c3ccc(F)cc3)c(C)cc2c1. The molecule has 0 aliphatic carbocycles. The van der Waals surface area contributed by atoms with Crippen molar-refractivity contribution in [1.29, 1.82) is 0 Å². The lowest BCUT2D eigenvalue weighted by atomic mass is 9.92. The van der Waals surface area contributed by atoms with Crippen LogP contribution < -0.4 is 0 Å². The van der Waals surface area contributed by atoms with Crippen molar-refractivity contribution in [3.63, 3.8) is 0 Å². The number of halogens is 1. The molecule has 0 amide bonds. The maximum absolute atomic E-state index is 13.1. The summed E-state index contributed by atoms with van der Waals surface area (Å²) >= 11 is 0. The van der Waals surface area contributed by atoms with Crippen LogP contribution in [0.4, 0.5) is 4.39 Å². The molecule has 0 radical (unpaired) electrons. The number of aliphatic hydroxyl groups excluding tert-OH is 1. The Morgan fingerprint density at radius 1 is 0.955 bits per heavy atom. The average Bonchev–Trinajstić information content (AvgIpc) is 2.46. The van der Waals surface area contributed by atoms with E-state index in [9.17, 15) is 9.50 Å². The first kappa shape index (κ1) is 14.7. The minimum Gasteiger partial charge on any atom is -0.389 e. The van der Waals surface area contributed by atoms with E-state index < -0.39 is 6.10 Å². The lowest BCUT2D eigenvalue weighted by Gasteiger charge is -2.15.